The first-order valence-electron chi connectivity index (χ1n) is 5.69. The minimum Gasteiger partial charge on any atom is -0.338 e. The number of nitrogens with two attached hydrogens (primary N) is 1. The van der Waals surface area contributed by atoms with Crippen LogP contribution in [0, 0.1) is 0 Å². The lowest BCUT2D eigenvalue weighted by atomic mass is 10.3. The molecule has 1 rings (SSSR count). The topological polar surface area (TPSA) is 90.0 Å². The number of aromatic nitrogens is 2. The summed E-state index contributed by atoms with van der Waals surface area (Å²) in [6.45, 7) is 0.915. The monoisotopic (exact) mass is 260 g/mol. The van der Waals surface area contributed by atoms with Gasteiger partial charge in [-0.25, -0.2) is 18.1 Å². The summed E-state index contributed by atoms with van der Waals surface area (Å²) in [6, 6.07) is 0. The number of nitrogens with one attached hydrogen (secondary N) is 1. The fraction of sp³-hybridized carbons (Fsp3) is 0.700. The maximum Gasteiger partial charge on any atom is 0.211 e. The Labute approximate surface area is 102 Å². The van der Waals surface area contributed by atoms with Gasteiger partial charge in [-0.15, -0.1) is 0 Å². The average Bonchev–Trinajstić information content (AvgIpc) is 2.64. The highest BCUT2D eigenvalue weighted by molar-refractivity contribution is 7.89. The Kier molecular flexibility index (Phi) is 5.60. The first kappa shape index (κ1) is 14.1. The van der Waals surface area contributed by atoms with Crippen LogP contribution in [0.1, 0.15) is 18.7 Å². The summed E-state index contributed by atoms with van der Waals surface area (Å²) in [5, 5.41) is 0. The van der Waals surface area contributed by atoms with E-state index in [0.717, 1.165) is 12.2 Å². The van der Waals surface area contributed by atoms with E-state index in [-0.39, 0.29) is 5.75 Å². The van der Waals surface area contributed by atoms with Crippen molar-refractivity contribution in [2.45, 2.75) is 19.3 Å². The van der Waals surface area contributed by atoms with Crippen LogP contribution in [0.2, 0.25) is 0 Å². The van der Waals surface area contributed by atoms with Crippen molar-refractivity contribution in [2.75, 3.05) is 18.8 Å². The summed E-state index contributed by atoms with van der Waals surface area (Å²) in [7, 11) is -1.28. The normalized spacial score (nSPS) is 11.9. The summed E-state index contributed by atoms with van der Waals surface area (Å²) in [6.07, 6.45) is 5.48. The number of sulfonamides is 1. The van der Waals surface area contributed by atoms with Gasteiger partial charge in [0.1, 0.15) is 5.82 Å². The third-order valence-corrected chi connectivity index (χ3v) is 3.93. The molecular formula is C10H20N4O2S. The van der Waals surface area contributed by atoms with Crippen molar-refractivity contribution in [1.82, 2.24) is 14.3 Å². The standard InChI is InChI=1S/C10H20N4O2S/c1-14-8-7-12-10(14)4-6-13-17(15,16)9-3-2-5-11/h7-8,13H,2-6,9,11H2,1H3. The molecule has 1 aromatic heterocycles. The van der Waals surface area contributed by atoms with Crippen molar-refractivity contribution in [3.63, 3.8) is 0 Å². The molecule has 0 aliphatic rings. The second-order valence-electron chi connectivity index (χ2n) is 3.91. The van der Waals surface area contributed by atoms with Gasteiger partial charge in [0.15, 0.2) is 0 Å². The predicted octanol–water partition coefficient (Wildman–Crippen LogP) is -0.379. The summed E-state index contributed by atoms with van der Waals surface area (Å²) < 4.78 is 27.5. The van der Waals surface area contributed by atoms with Gasteiger partial charge in [0.05, 0.1) is 5.75 Å². The SMILES string of the molecule is Cn1ccnc1CCNS(=O)(=O)CCCCN. The zero-order valence-electron chi connectivity index (χ0n) is 10.1. The number of nitrogens with zero attached hydrogens (tertiary/aromatic N) is 2. The average molecular weight is 260 g/mol. The van der Waals surface area contributed by atoms with Crippen LogP contribution in [0.15, 0.2) is 12.4 Å². The lowest BCUT2D eigenvalue weighted by Crippen LogP contribution is -2.29. The van der Waals surface area contributed by atoms with E-state index in [9.17, 15) is 8.42 Å². The Morgan fingerprint density at radius 1 is 1.47 bits per heavy atom. The minimum absolute atomic E-state index is 0.144. The van der Waals surface area contributed by atoms with Crippen LogP contribution >= 0.6 is 0 Å². The van der Waals surface area contributed by atoms with Crippen LogP contribution in [0.4, 0.5) is 0 Å². The molecule has 0 atom stereocenters. The Morgan fingerprint density at radius 2 is 2.24 bits per heavy atom. The van der Waals surface area contributed by atoms with Crippen molar-refractivity contribution in [1.29, 1.82) is 0 Å². The third kappa shape index (κ3) is 5.29. The van der Waals surface area contributed by atoms with Crippen LogP contribution in [-0.2, 0) is 23.5 Å². The minimum atomic E-state index is -3.16. The molecular weight excluding hydrogens is 240 g/mol. The van der Waals surface area contributed by atoms with Crippen molar-refractivity contribution in [3.05, 3.63) is 18.2 Å². The number of unbranched alkanes of at least 4 members (excludes halogenated alkanes) is 1. The molecule has 0 aliphatic heterocycles. The van der Waals surface area contributed by atoms with Gasteiger partial charge in [-0.3, -0.25) is 0 Å². The molecule has 98 valence electrons. The smallest absolute Gasteiger partial charge is 0.211 e. The summed E-state index contributed by atoms with van der Waals surface area (Å²) in [5.74, 6) is 1.01. The van der Waals surface area contributed by atoms with Crippen LogP contribution in [0.3, 0.4) is 0 Å². The number of hydrogen-bond acceptors (Lipinski definition) is 4. The number of rotatable bonds is 8. The van der Waals surface area contributed by atoms with Crippen LogP contribution < -0.4 is 10.5 Å². The highest BCUT2D eigenvalue weighted by atomic mass is 32.2. The maximum atomic E-state index is 11.5. The number of imidazole rings is 1. The molecule has 1 heterocycles. The Balaban J connectivity index is 2.28. The molecule has 0 unspecified atom stereocenters. The van der Waals surface area contributed by atoms with Gasteiger partial charge in [-0.05, 0) is 19.4 Å². The summed E-state index contributed by atoms with van der Waals surface area (Å²) in [5.41, 5.74) is 5.31. The number of aryl methyl sites for hydroxylation is 1. The van der Waals surface area contributed by atoms with E-state index in [1.807, 2.05) is 17.8 Å². The van der Waals surface area contributed by atoms with E-state index >= 15 is 0 Å². The molecule has 6 nitrogen and oxygen atoms in total. The third-order valence-electron chi connectivity index (χ3n) is 2.46. The summed E-state index contributed by atoms with van der Waals surface area (Å²) >= 11 is 0. The Bertz CT molecular complexity index is 427. The molecule has 0 bridgehead atoms. The molecule has 0 aromatic carbocycles. The van der Waals surface area contributed by atoms with Crippen molar-refractivity contribution < 1.29 is 8.42 Å². The van der Waals surface area contributed by atoms with Gasteiger partial charge < -0.3 is 10.3 Å². The fourth-order valence-corrected chi connectivity index (χ4v) is 2.61. The zero-order valence-corrected chi connectivity index (χ0v) is 10.9. The lowest BCUT2D eigenvalue weighted by Gasteiger charge is -2.06. The second-order valence-corrected chi connectivity index (χ2v) is 5.84. The fourth-order valence-electron chi connectivity index (χ4n) is 1.46. The van der Waals surface area contributed by atoms with E-state index < -0.39 is 10.0 Å². The van der Waals surface area contributed by atoms with Gasteiger partial charge in [-0.1, -0.05) is 0 Å². The molecule has 0 amide bonds. The zero-order chi connectivity index (χ0) is 12.7. The van der Waals surface area contributed by atoms with Gasteiger partial charge in [0, 0.05) is 32.4 Å². The predicted molar refractivity (Wildman–Crippen MR) is 67.0 cm³/mol. The van der Waals surface area contributed by atoms with Gasteiger partial charge in [0.25, 0.3) is 0 Å². The Hall–Kier alpha value is -0.920. The number of hydrogen-bond donors (Lipinski definition) is 2. The molecule has 0 saturated heterocycles. The molecule has 1 aromatic rings. The lowest BCUT2D eigenvalue weighted by molar-refractivity contribution is 0.576. The van der Waals surface area contributed by atoms with E-state index in [0.29, 0.717) is 25.9 Å². The van der Waals surface area contributed by atoms with Crippen molar-refractivity contribution in [2.24, 2.45) is 12.8 Å². The van der Waals surface area contributed by atoms with Crippen molar-refractivity contribution >= 4 is 10.0 Å². The van der Waals surface area contributed by atoms with E-state index in [1.54, 1.807) is 6.20 Å². The molecule has 3 N–H and O–H groups in total. The maximum absolute atomic E-state index is 11.5. The molecule has 0 saturated carbocycles. The van der Waals surface area contributed by atoms with Crippen LogP contribution in [0.25, 0.3) is 0 Å². The molecule has 0 fully saturated rings. The Morgan fingerprint density at radius 3 is 2.82 bits per heavy atom. The first-order chi connectivity index (χ1) is 8.05. The first-order valence-corrected chi connectivity index (χ1v) is 7.34. The van der Waals surface area contributed by atoms with Crippen LogP contribution in [-0.4, -0.2) is 36.8 Å². The van der Waals surface area contributed by atoms with Crippen molar-refractivity contribution in [3.8, 4) is 0 Å². The van der Waals surface area contributed by atoms with Gasteiger partial charge >= 0.3 is 0 Å². The highest BCUT2D eigenvalue weighted by Gasteiger charge is 2.09. The van der Waals surface area contributed by atoms with E-state index in [4.69, 9.17) is 5.73 Å². The molecule has 0 spiro atoms. The quantitative estimate of drug-likeness (QED) is 0.624. The molecule has 0 radical (unpaired) electrons. The molecule has 7 heteroatoms. The van der Waals surface area contributed by atoms with E-state index in [2.05, 4.69) is 9.71 Å². The van der Waals surface area contributed by atoms with E-state index in [1.165, 1.54) is 0 Å². The second kappa shape index (κ2) is 6.73. The van der Waals surface area contributed by atoms with Crippen LogP contribution in [0.5, 0.6) is 0 Å². The largest absolute Gasteiger partial charge is 0.338 e. The molecule has 0 aliphatic carbocycles. The van der Waals surface area contributed by atoms with Gasteiger partial charge in [0.2, 0.25) is 10.0 Å². The van der Waals surface area contributed by atoms with Gasteiger partial charge in [-0.2, -0.15) is 0 Å². The molecule has 17 heavy (non-hydrogen) atoms. The highest BCUT2D eigenvalue weighted by Crippen LogP contribution is 1.96. The summed E-state index contributed by atoms with van der Waals surface area (Å²) in [4.78, 5) is 4.12.